The summed E-state index contributed by atoms with van der Waals surface area (Å²) in [5, 5.41) is 8.32. The molecule has 1 aromatic carbocycles. The van der Waals surface area contributed by atoms with Gasteiger partial charge in [-0.25, -0.2) is 0 Å². The molecule has 0 unspecified atom stereocenters. The molecule has 2 rings (SSSR count). The van der Waals surface area contributed by atoms with Crippen molar-refractivity contribution in [3.8, 4) is 35.3 Å². The van der Waals surface area contributed by atoms with Gasteiger partial charge in [0.2, 0.25) is 5.89 Å². The molecule has 19 heavy (non-hydrogen) atoms. The summed E-state index contributed by atoms with van der Waals surface area (Å²) in [7, 11) is 3.16. The number of terminal acetylenes is 1. The lowest BCUT2D eigenvalue weighted by atomic mass is 10.2. The molecule has 0 bridgehead atoms. The summed E-state index contributed by atoms with van der Waals surface area (Å²) < 4.78 is 15.9. The van der Waals surface area contributed by atoms with E-state index in [0.29, 0.717) is 28.4 Å². The predicted molar refractivity (Wildman–Crippen MR) is 72.4 cm³/mol. The summed E-state index contributed by atoms with van der Waals surface area (Å²) in [6, 6.07) is 5.39. The number of hydrogen-bond acceptors (Lipinski definition) is 6. The zero-order valence-corrected chi connectivity index (χ0v) is 11.4. The van der Waals surface area contributed by atoms with Crippen LogP contribution in [0.4, 0.5) is 0 Å². The third-order valence-corrected chi connectivity index (χ3v) is 3.04. The third kappa shape index (κ3) is 3.01. The van der Waals surface area contributed by atoms with E-state index in [-0.39, 0.29) is 0 Å². The van der Waals surface area contributed by atoms with Crippen molar-refractivity contribution in [3.63, 3.8) is 0 Å². The highest BCUT2D eigenvalue weighted by Gasteiger charge is 2.12. The molecule has 0 aliphatic heterocycles. The van der Waals surface area contributed by atoms with E-state index in [9.17, 15) is 0 Å². The normalized spacial score (nSPS) is 9.95. The topological polar surface area (TPSA) is 57.4 Å². The van der Waals surface area contributed by atoms with Gasteiger partial charge in [0.25, 0.3) is 5.22 Å². The lowest BCUT2D eigenvalue weighted by Crippen LogP contribution is -1.90. The van der Waals surface area contributed by atoms with Gasteiger partial charge in [0, 0.05) is 5.56 Å². The molecule has 0 radical (unpaired) electrons. The van der Waals surface area contributed by atoms with Crippen molar-refractivity contribution in [1.82, 2.24) is 10.2 Å². The first-order chi connectivity index (χ1) is 9.28. The molecule has 0 aliphatic carbocycles. The van der Waals surface area contributed by atoms with Crippen LogP contribution >= 0.6 is 11.8 Å². The quantitative estimate of drug-likeness (QED) is 0.617. The van der Waals surface area contributed by atoms with E-state index in [0.717, 1.165) is 5.56 Å². The van der Waals surface area contributed by atoms with Gasteiger partial charge in [-0.05, 0) is 18.2 Å². The van der Waals surface area contributed by atoms with Gasteiger partial charge in [0.15, 0.2) is 11.5 Å². The highest BCUT2D eigenvalue weighted by atomic mass is 32.2. The summed E-state index contributed by atoms with van der Waals surface area (Å²) >= 11 is 1.32. The smallest absolute Gasteiger partial charge is 0.277 e. The van der Waals surface area contributed by atoms with Gasteiger partial charge in [0.05, 0.1) is 20.0 Å². The highest BCUT2D eigenvalue weighted by Crippen LogP contribution is 2.32. The summed E-state index contributed by atoms with van der Waals surface area (Å²) in [5.74, 6) is 4.66. The third-order valence-electron chi connectivity index (χ3n) is 2.32. The molecule has 5 nitrogen and oxygen atoms in total. The van der Waals surface area contributed by atoms with Gasteiger partial charge in [-0.15, -0.1) is 16.6 Å². The summed E-state index contributed by atoms with van der Waals surface area (Å²) in [5.41, 5.74) is 0.762. The number of benzene rings is 1. The standard InChI is InChI=1S/C13H12N2O3S/c1-4-7-19-13-15-14-12(18-13)9-5-6-10(16-2)11(8-9)17-3/h1,5-6,8H,7H2,2-3H3. The molecule has 98 valence electrons. The van der Waals surface area contributed by atoms with Crippen LogP contribution in [0, 0.1) is 12.3 Å². The van der Waals surface area contributed by atoms with Gasteiger partial charge >= 0.3 is 0 Å². The Hall–Kier alpha value is -2.13. The molecule has 0 amide bonds. The van der Waals surface area contributed by atoms with Gasteiger partial charge < -0.3 is 13.9 Å². The minimum atomic E-state index is 0.417. The van der Waals surface area contributed by atoms with E-state index in [2.05, 4.69) is 16.1 Å². The fourth-order valence-corrected chi connectivity index (χ4v) is 1.90. The number of hydrogen-bond donors (Lipinski definition) is 0. The van der Waals surface area contributed by atoms with Gasteiger partial charge in [-0.3, -0.25) is 0 Å². The summed E-state index contributed by atoms with van der Waals surface area (Å²) in [4.78, 5) is 0. The number of aromatic nitrogens is 2. The maximum Gasteiger partial charge on any atom is 0.277 e. The van der Waals surface area contributed by atoms with Crippen LogP contribution in [0.2, 0.25) is 0 Å². The van der Waals surface area contributed by atoms with Crippen molar-refractivity contribution >= 4 is 11.8 Å². The lowest BCUT2D eigenvalue weighted by Gasteiger charge is -2.07. The fourth-order valence-electron chi connectivity index (χ4n) is 1.46. The van der Waals surface area contributed by atoms with E-state index in [1.807, 2.05) is 6.07 Å². The second kappa shape index (κ2) is 6.16. The molecule has 0 saturated carbocycles. The SMILES string of the molecule is C#CCSc1nnc(-c2ccc(OC)c(OC)c2)o1. The zero-order chi connectivity index (χ0) is 13.7. The number of nitrogens with zero attached hydrogens (tertiary/aromatic N) is 2. The van der Waals surface area contributed by atoms with Crippen LogP contribution in [0.5, 0.6) is 11.5 Å². The van der Waals surface area contributed by atoms with Crippen LogP contribution in [-0.2, 0) is 0 Å². The molecule has 1 heterocycles. The largest absolute Gasteiger partial charge is 0.493 e. The fraction of sp³-hybridized carbons (Fsp3) is 0.231. The maximum absolute atomic E-state index is 5.49. The Bertz CT molecular complexity index is 604. The molecule has 0 aliphatic rings. The Balaban J connectivity index is 2.26. The minimum absolute atomic E-state index is 0.417. The highest BCUT2D eigenvalue weighted by molar-refractivity contribution is 7.99. The molecule has 0 fully saturated rings. The monoisotopic (exact) mass is 276 g/mol. The number of methoxy groups -OCH3 is 2. The van der Waals surface area contributed by atoms with Gasteiger partial charge in [-0.2, -0.15) is 0 Å². The molecule has 0 N–H and O–H groups in total. The van der Waals surface area contributed by atoms with Crippen LogP contribution in [0.1, 0.15) is 0 Å². The summed E-state index contributed by atoms with van der Waals surface area (Å²) in [6.07, 6.45) is 5.17. The van der Waals surface area contributed by atoms with E-state index in [1.165, 1.54) is 11.8 Å². The Labute approximate surface area is 115 Å². The van der Waals surface area contributed by atoms with Crippen molar-refractivity contribution in [3.05, 3.63) is 18.2 Å². The molecular weight excluding hydrogens is 264 g/mol. The van der Waals surface area contributed by atoms with Crippen LogP contribution in [-0.4, -0.2) is 30.2 Å². The molecule has 6 heteroatoms. The minimum Gasteiger partial charge on any atom is -0.493 e. The van der Waals surface area contributed by atoms with Crippen molar-refractivity contribution in [1.29, 1.82) is 0 Å². The average molecular weight is 276 g/mol. The van der Waals surface area contributed by atoms with Crippen LogP contribution in [0.25, 0.3) is 11.5 Å². The number of ether oxygens (including phenoxy) is 2. The first-order valence-electron chi connectivity index (χ1n) is 5.40. The van der Waals surface area contributed by atoms with Crippen molar-refractivity contribution in [2.45, 2.75) is 5.22 Å². The van der Waals surface area contributed by atoms with Crippen molar-refractivity contribution < 1.29 is 13.9 Å². The molecule has 0 atom stereocenters. The molecule has 2 aromatic rings. The lowest BCUT2D eigenvalue weighted by molar-refractivity contribution is 0.355. The molecule has 1 aromatic heterocycles. The van der Waals surface area contributed by atoms with Crippen molar-refractivity contribution in [2.24, 2.45) is 0 Å². The number of rotatable bonds is 5. The Morgan fingerprint density at radius 2 is 2.05 bits per heavy atom. The van der Waals surface area contributed by atoms with E-state index < -0.39 is 0 Å². The van der Waals surface area contributed by atoms with Crippen LogP contribution in [0.3, 0.4) is 0 Å². The van der Waals surface area contributed by atoms with E-state index >= 15 is 0 Å². The Kier molecular flexibility index (Phi) is 4.31. The predicted octanol–water partition coefficient (Wildman–Crippen LogP) is 2.48. The van der Waals surface area contributed by atoms with Crippen molar-refractivity contribution in [2.75, 3.05) is 20.0 Å². The Morgan fingerprint density at radius 3 is 2.74 bits per heavy atom. The van der Waals surface area contributed by atoms with E-state index in [4.69, 9.17) is 20.3 Å². The second-order valence-corrected chi connectivity index (χ2v) is 4.36. The first kappa shape index (κ1) is 13.3. The van der Waals surface area contributed by atoms with Gasteiger partial charge in [0.1, 0.15) is 0 Å². The Morgan fingerprint density at radius 1 is 1.26 bits per heavy atom. The first-order valence-corrected chi connectivity index (χ1v) is 6.39. The molecule has 0 spiro atoms. The molecular formula is C13H12N2O3S. The van der Waals surface area contributed by atoms with Crippen LogP contribution in [0.15, 0.2) is 27.8 Å². The van der Waals surface area contributed by atoms with Crippen LogP contribution < -0.4 is 9.47 Å². The zero-order valence-electron chi connectivity index (χ0n) is 10.5. The molecule has 0 saturated heterocycles. The average Bonchev–Trinajstić information content (AvgIpc) is 2.93. The number of thioether (sulfide) groups is 1. The second-order valence-electron chi connectivity index (χ2n) is 3.44. The summed E-state index contributed by atoms with van der Waals surface area (Å²) in [6.45, 7) is 0. The van der Waals surface area contributed by atoms with E-state index in [1.54, 1.807) is 26.4 Å². The maximum atomic E-state index is 5.49. The van der Waals surface area contributed by atoms with Gasteiger partial charge in [-0.1, -0.05) is 17.7 Å².